The predicted molar refractivity (Wildman–Crippen MR) is 60.4 cm³/mol. The zero-order valence-corrected chi connectivity index (χ0v) is 9.95. The van der Waals surface area contributed by atoms with Crippen molar-refractivity contribution in [3.8, 4) is 0 Å². The Hall–Kier alpha value is -0.810. The van der Waals surface area contributed by atoms with Gasteiger partial charge in [0.2, 0.25) is 4.77 Å². The smallest absolute Gasteiger partial charge is 0.223 e. The van der Waals surface area contributed by atoms with E-state index in [1.165, 1.54) is 0 Å². The van der Waals surface area contributed by atoms with Crippen LogP contribution in [0.2, 0.25) is 0 Å². The summed E-state index contributed by atoms with van der Waals surface area (Å²) in [6, 6.07) is 0. The first-order chi connectivity index (χ1) is 6.48. The average Bonchev–Trinajstić information content (AvgIpc) is 2.47. The number of hydrogen-bond donors (Lipinski definition) is 0. The topological polar surface area (TPSA) is 30.2 Å². The molecule has 0 aromatic carbocycles. The molecule has 0 saturated carbocycles. The molecule has 5 heteroatoms. The minimum Gasteiger partial charge on any atom is -0.279 e. The number of nitrogens with zero attached hydrogens (tertiary/aromatic N) is 3. The maximum atomic E-state index is 5.03. The van der Waals surface area contributed by atoms with Gasteiger partial charge in [-0.3, -0.25) is 4.40 Å². The molecule has 2 aromatic heterocycles. The molecule has 0 amide bonds. The molecule has 2 aromatic rings. The summed E-state index contributed by atoms with van der Waals surface area (Å²) in [6.07, 6.45) is 1.98. The van der Waals surface area contributed by atoms with E-state index in [4.69, 9.17) is 12.2 Å². The first kappa shape index (κ1) is 9.73. The molecule has 0 radical (unpaired) electrons. The summed E-state index contributed by atoms with van der Waals surface area (Å²) in [4.78, 5) is 9.43. The zero-order valence-electron chi connectivity index (χ0n) is 8.31. The molecule has 2 heterocycles. The van der Waals surface area contributed by atoms with Crippen molar-refractivity contribution in [3.05, 3.63) is 22.2 Å². The predicted octanol–water partition coefficient (Wildman–Crippen LogP) is 2.82. The van der Waals surface area contributed by atoms with Crippen molar-refractivity contribution in [2.75, 3.05) is 0 Å². The van der Waals surface area contributed by atoms with Crippen LogP contribution in [0.3, 0.4) is 0 Å². The van der Waals surface area contributed by atoms with Gasteiger partial charge < -0.3 is 0 Å². The molecule has 0 aliphatic rings. The molecule has 14 heavy (non-hydrogen) atoms. The third-order valence-corrected chi connectivity index (χ3v) is 2.82. The molecule has 0 aliphatic heterocycles. The SMILES string of the molecule is CC(C)(C)c1nc(=S)nc2sccn12. The Morgan fingerprint density at radius 3 is 2.71 bits per heavy atom. The van der Waals surface area contributed by atoms with Crippen molar-refractivity contribution in [2.24, 2.45) is 0 Å². The molecule has 3 nitrogen and oxygen atoms in total. The highest BCUT2D eigenvalue weighted by molar-refractivity contribution is 7.71. The number of rotatable bonds is 0. The largest absolute Gasteiger partial charge is 0.279 e. The van der Waals surface area contributed by atoms with Crippen molar-refractivity contribution in [3.63, 3.8) is 0 Å². The van der Waals surface area contributed by atoms with Crippen LogP contribution in [0.4, 0.5) is 0 Å². The standard InChI is InChI=1S/C9H11N3S2/c1-9(2,3)6-10-7(13)11-8-12(6)4-5-14-8/h4-5H,1-3H3. The third-order valence-electron chi connectivity index (χ3n) is 1.88. The summed E-state index contributed by atoms with van der Waals surface area (Å²) >= 11 is 6.61. The fourth-order valence-corrected chi connectivity index (χ4v) is 2.23. The van der Waals surface area contributed by atoms with Crippen LogP contribution in [0.1, 0.15) is 26.6 Å². The second-order valence-corrected chi connectivity index (χ2v) is 5.37. The fraction of sp³-hybridized carbons (Fsp3) is 0.444. The van der Waals surface area contributed by atoms with Crippen molar-refractivity contribution in [2.45, 2.75) is 26.2 Å². The third kappa shape index (κ3) is 1.57. The molecule has 0 N–H and O–H groups in total. The lowest BCUT2D eigenvalue weighted by molar-refractivity contribution is 0.532. The van der Waals surface area contributed by atoms with E-state index >= 15 is 0 Å². The van der Waals surface area contributed by atoms with E-state index in [9.17, 15) is 0 Å². The van der Waals surface area contributed by atoms with E-state index in [2.05, 4.69) is 30.7 Å². The molecule has 0 unspecified atom stereocenters. The van der Waals surface area contributed by atoms with Crippen LogP contribution in [-0.2, 0) is 5.41 Å². The van der Waals surface area contributed by atoms with E-state index in [0.29, 0.717) is 4.77 Å². The molecule has 0 aliphatic carbocycles. The highest BCUT2D eigenvalue weighted by Crippen LogP contribution is 2.22. The average molecular weight is 225 g/mol. The van der Waals surface area contributed by atoms with E-state index in [1.807, 2.05) is 16.0 Å². The molecule has 0 spiro atoms. The van der Waals surface area contributed by atoms with Crippen molar-refractivity contribution < 1.29 is 0 Å². The van der Waals surface area contributed by atoms with Gasteiger partial charge in [0.1, 0.15) is 5.82 Å². The van der Waals surface area contributed by atoms with Crippen LogP contribution in [0.5, 0.6) is 0 Å². The van der Waals surface area contributed by atoms with Crippen LogP contribution >= 0.6 is 23.6 Å². The number of aromatic nitrogens is 3. The summed E-state index contributed by atoms with van der Waals surface area (Å²) in [5.74, 6) is 0.966. The van der Waals surface area contributed by atoms with Gasteiger partial charge in [-0.2, -0.15) is 4.98 Å². The van der Waals surface area contributed by atoms with Crippen LogP contribution in [0.15, 0.2) is 11.6 Å². The minimum absolute atomic E-state index is 0.0134. The summed E-state index contributed by atoms with van der Waals surface area (Å²) in [5.41, 5.74) is -0.0134. The maximum absolute atomic E-state index is 5.03. The zero-order chi connectivity index (χ0) is 10.3. The lowest BCUT2D eigenvalue weighted by atomic mass is 9.96. The van der Waals surface area contributed by atoms with Gasteiger partial charge in [0.15, 0.2) is 4.96 Å². The number of thiazole rings is 1. The van der Waals surface area contributed by atoms with Crippen LogP contribution in [0, 0.1) is 4.77 Å². The van der Waals surface area contributed by atoms with E-state index in [0.717, 1.165) is 10.8 Å². The van der Waals surface area contributed by atoms with E-state index in [1.54, 1.807) is 11.3 Å². The first-order valence-corrected chi connectivity index (χ1v) is 5.62. The highest BCUT2D eigenvalue weighted by Gasteiger charge is 2.19. The lowest BCUT2D eigenvalue weighted by Crippen LogP contribution is -2.18. The quantitative estimate of drug-likeness (QED) is 0.646. The van der Waals surface area contributed by atoms with Gasteiger partial charge in [0.05, 0.1) is 0 Å². The van der Waals surface area contributed by atoms with Gasteiger partial charge >= 0.3 is 0 Å². The second kappa shape index (κ2) is 3.10. The number of fused-ring (bicyclic) bond motifs is 1. The van der Waals surface area contributed by atoms with Crippen molar-refractivity contribution >= 4 is 28.5 Å². The van der Waals surface area contributed by atoms with Gasteiger partial charge in [-0.15, -0.1) is 11.3 Å². The van der Waals surface area contributed by atoms with Gasteiger partial charge in [-0.1, -0.05) is 20.8 Å². The van der Waals surface area contributed by atoms with E-state index in [-0.39, 0.29) is 5.41 Å². The normalized spacial score (nSPS) is 12.2. The van der Waals surface area contributed by atoms with E-state index < -0.39 is 0 Å². The Labute approximate surface area is 91.5 Å². The Bertz CT molecular complexity index is 519. The van der Waals surface area contributed by atoms with Gasteiger partial charge in [0, 0.05) is 17.0 Å². The summed E-state index contributed by atoms with van der Waals surface area (Å²) in [7, 11) is 0. The minimum atomic E-state index is -0.0134. The van der Waals surface area contributed by atoms with Crippen molar-refractivity contribution in [1.82, 2.24) is 14.4 Å². The van der Waals surface area contributed by atoms with Crippen LogP contribution in [0.25, 0.3) is 4.96 Å². The monoisotopic (exact) mass is 225 g/mol. The molecule has 0 bridgehead atoms. The highest BCUT2D eigenvalue weighted by atomic mass is 32.1. The number of hydrogen-bond acceptors (Lipinski definition) is 4. The van der Waals surface area contributed by atoms with Gasteiger partial charge in [-0.25, -0.2) is 4.98 Å². The Morgan fingerprint density at radius 1 is 1.36 bits per heavy atom. The summed E-state index contributed by atoms with van der Waals surface area (Å²) < 4.78 is 2.43. The maximum Gasteiger partial charge on any atom is 0.223 e. The fourth-order valence-electron chi connectivity index (χ4n) is 1.29. The molecule has 0 saturated heterocycles. The molecular formula is C9H11N3S2. The molecule has 2 rings (SSSR count). The first-order valence-electron chi connectivity index (χ1n) is 4.33. The Kier molecular flexibility index (Phi) is 2.16. The van der Waals surface area contributed by atoms with Gasteiger partial charge in [-0.05, 0) is 12.2 Å². The Balaban J connectivity index is 2.87. The Morgan fingerprint density at radius 2 is 2.07 bits per heavy atom. The molecule has 0 atom stereocenters. The molecule has 74 valence electrons. The summed E-state index contributed by atoms with van der Waals surface area (Å²) in [6.45, 7) is 6.36. The lowest BCUT2D eigenvalue weighted by Gasteiger charge is -2.18. The second-order valence-electron chi connectivity index (χ2n) is 4.14. The van der Waals surface area contributed by atoms with Crippen LogP contribution < -0.4 is 0 Å². The molecule has 0 fully saturated rings. The summed E-state index contributed by atoms with van der Waals surface area (Å²) in [5, 5.41) is 1.99. The van der Waals surface area contributed by atoms with Crippen LogP contribution in [-0.4, -0.2) is 14.4 Å². The van der Waals surface area contributed by atoms with Gasteiger partial charge in [0.25, 0.3) is 0 Å². The van der Waals surface area contributed by atoms with Crippen molar-refractivity contribution in [1.29, 1.82) is 0 Å². The molecular weight excluding hydrogens is 214 g/mol.